The van der Waals surface area contributed by atoms with E-state index in [1.54, 1.807) is 6.07 Å². The molecule has 0 radical (unpaired) electrons. The highest BCUT2D eigenvalue weighted by molar-refractivity contribution is 8.00. The van der Waals surface area contributed by atoms with Crippen LogP contribution in [0.4, 0.5) is 5.69 Å². The van der Waals surface area contributed by atoms with Gasteiger partial charge in [-0.2, -0.15) is 11.8 Å². The van der Waals surface area contributed by atoms with Gasteiger partial charge in [-0.1, -0.05) is 18.6 Å². The fourth-order valence-corrected chi connectivity index (χ4v) is 3.15. The van der Waals surface area contributed by atoms with Gasteiger partial charge in [-0.05, 0) is 19.1 Å². The van der Waals surface area contributed by atoms with Gasteiger partial charge in [-0.15, -0.1) is 0 Å². The first kappa shape index (κ1) is 12.3. The summed E-state index contributed by atoms with van der Waals surface area (Å²) in [6, 6.07) is 5.67. The van der Waals surface area contributed by atoms with E-state index in [4.69, 9.17) is 0 Å². The summed E-state index contributed by atoms with van der Waals surface area (Å²) in [5.74, 6) is 0.225. The highest BCUT2D eigenvalue weighted by Gasteiger charge is 2.21. The lowest BCUT2D eigenvalue weighted by Gasteiger charge is -2.33. The number of anilines is 1. The van der Waals surface area contributed by atoms with Crippen LogP contribution in [0.1, 0.15) is 22.8 Å². The molecule has 1 saturated heterocycles. The number of nitrogens with zero attached hydrogens (tertiary/aromatic N) is 1. The molecule has 1 N–H and O–H groups in total. The minimum absolute atomic E-state index is 0.420. The summed E-state index contributed by atoms with van der Waals surface area (Å²) in [6.45, 7) is 5.96. The maximum Gasteiger partial charge on any atom is 0.337 e. The Balaban J connectivity index is 2.33. The van der Waals surface area contributed by atoms with E-state index in [0.29, 0.717) is 10.8 Å². The Morgan fingerprint density at radius 1 is 1.53 bits per heavy atom. The number of benzene rings is 1. The van der Waals surface area contributed by atoms with Gasteiger partial charge in [0.05, 0.1) is 11.3 Å². The van der Waals surface area contributed by atoms with Gasteiger partial charge in [-0.3, -0.25) is 0 Å². The van der Waals surface area contributed by atoms with Crippen molar-refractivity contribution < 1.29 is 9.90 Å². The van der Waals surface area contributed by atoms with Crippen LogP contribution >= 0.6 is 11.8 Å². The zero-order valence-electron chi connectivity index (χ0n) is 10.1. The van der Waals surface area contributed by atoms with Crippen LogP contribution in [-0.2, 0) is 0 Å². The van der Waals surface area contributed by atoms with Crippen LogP contribution < -0.4 is 4.90 Å². The molecule has 17 heavy (non-hydrogen) atoms. The molecule has 0 amide bonds. The summed E-state index contributed by atoms with van der Waals surface area (Å²) in [5, 5.41) is 9.82. The first-order valence-electron chi connectivity index (χ1n) is 5.78. The zero-order valence-corrected chi connectivity index (χ0v) is 11.0. The Kier molecular flexibility index (Phi) is 3.62. The first-order chi connectivity index (χ1) is 8.08. The fraction of sp³-hybridized carbons (Fsp3) is 0.462. The quantitative estimate of drug-likeness (QED) is 0.877. The summed E-state index contributed by atoms with van der Waals surface area (Å²) < 4.78 is 0. The number of aromatic carboxylic acids is 1. The molecule has 1 heterocycles. The summed E-state index contributed by atoms with van der Waals surface area (Å²) >= 11 is 1.94. The average Bonchev–Trinajstić information content (AvgIpc) is 2.28. The number of carboxylic acids is 1. The second-order valence-corrected chi connectivity index (χ2v) is 6.00. The lowest BCUT2D eigenvalue weighted by Crippen LogP contribution is -2.37. The number of carboxylic acid groups (broad SMARTS) is 1. The van der Waals surface area contributed by atoms with Gasteiger partial charge < -0.3 is 10.0 Å². The average molecular weight is 251 g/mol. The molecule has 4 heteroatoms. The molecule has 0 spiro atoms. The normalized spacial score (nSPS) is 20.4. The van der Waals surface area contributed by atoms with Crippen LogP contribution in [0.2, 0.25) is 0 Å². The molecule has 1 aliphatic heterocycles. The van der Waals surface area contributed by atoms with Gasteiger partial charge >= 0.3 is 5.97 Å². The zero-order chi connectivity index (χ0) is 12.4. The van der Waals surface area contributed by atoms with E-state index >= 15 is 0 Å². The fourth-order valence-electron chi connectivity index (χ4n) is 2.13. The maximum atomic E-state index is 11.3. The Morgan fingerprint density at radius 3 is 2.94 bits per heavy atom. The molecule has 1 atom stereocenters. The first-order valence-corrected chi connectivity index (χ1v) is 6.83. The van der Waals surface area contributed by atoms with Crippen LogP contribution in [-0.4, -0.2) is 35.2 Å². The van der Waals surface area contributed by atoms with Crippen LogP contribution in [0, 0.1) is 6.92 Å². The smallest absolute Gasteiger partial charge is 0.337 e. The third kappa shape index (κ3) is 2.75. The van der Waals surface area contributed by atoms with Gasteiger partial charge in [0, 0.05) is 24.1 Å². The predicted octanol–water partition coefficient (Wildman–Crippen LogP) is 2.63. The van der Waals surface area contributed by atoms with Crippen LogP contribution in [0.15, 0.2) is 18.2 Å². The summed E-state index contributed by atoms with van der Waals surface area (Å²) in [4.78, 5) is 13.5. The molecule has 0 bridgehead atoms. The Bertz CT molecular complexity index is 433. The Labute approximate surface area is 106 Å². The monoisotopic (exact) mass is 251 g/mol. The molecule has 1 unspecified atom stereocenters. The molecular formula is C13H17NO2S. The molecule has 1 aromatic rings. The van der Waals surface area contributed by atoms with E-state index in [1.165, 1.54) is 0 Å². The van der Waals surface area contributed by atoms with Gasteiger partial charge in [0.25, 0.3) is 0 Å². The minimum Gasteiger partial charge on any atom is -0.478 e. The topological polar surface area (TPSA) is 40.5 Å². The molecule has 0 saturated carbocycles. The molecule has 3 nitrogen and oxygen atoms in total. The highest BCUT2D eigenvalue weighted by Crippen LogP contribution is 2.27. The van der Waals surface area contributed by atoms with Crippen molar-refractivity contribution in [2.45, 2.75) is 19.1 Å². The predicted molar refractivity (Wildman–Crippen MR) is 72.3 cm³/mol. The molecule has 1 fully saturated rings. The van der Waals surface area contributed by atoms with E-state index < -0.39 is 5.97 Å². The third-order valence-electron chi connectivity index (χ3n) is 2.96. The molecule has 1 aliphatic rings. The number of aryl methyl sites for hydroxylation is 1. The Hall–Kier alpha value is -1.16. The van der Waals surface area contributed by atoms with Gasteiger partial charge in [0.1, 0.15) is 0 Å². The summed E-state index contributed by atoms with van der Waals surface area (Å²) in [6.07, 6.45) is 0. The third-order valence-corrected chi connectivity index (χ3v) is 4.10. The number of carbonyl (C=O) groups is 1. The van der Waals surface area contributed by atoms with Gasteiger partial charge in [0.2, 0.25) is 0 Å². The van der Waals surface area contributed by atoms with E-state index in [1.807, 2.05) is 30.8 Å². The van der Waals surface area contributed by atoms with Crippen molar-refractivity contribution in [3.63, 3.8) is 0 Å². The van der Waals surface area contributed by atoms with E-state index in [9.17, 15) is 9.90 Å². The molecule has 0 aliphatic carbocycles. The minimum atomic E-state index is -0.838. The second kappa shape index (κ2) is 5.00. The molecule has 2 rings (SSSR count). The number of hydrogen-bond donors (Lipinski definition) is 1. The lowest BCUT2D eigenvalue weighted by atomic mass is 10.1. The molecule has 92 valence electrons. The van der Waals surface area contributed by atoms with E-state index in [0.717, 1.165) is 30.1 Å². The van der Waals surface area contributed by atoms with E-state index in [2.05, 4.69) is 11.8 Å². The van der Waals surface area contributed by atoms with E-state index in [-0.39, 0.29) is 0 Å². The lowest BCUT2D eigenvalue weighted by molar-refractivity contribution is 0.0697. The molecule has 0 aromatic heterocycles. The summed E-state index contributed by atoms with van der Waals surface area (Å²) in [7, 11) is 0. The van der Waals surface area contributed by atoms with Gasteiger partial charge in [-0.25, -0.2) is 4.79 Å². The number of thioether (sulfide) groups is 1. The van der Waals surface area contributed by atoms with Crippen molar-refractivity contribution in [3.8, 4) is 0 Å². The Morgan fingerprint density at radius 2 is 2.29 bits per heavy atom. The molecule has 1 aromatic carbocycles. The van der Waals surface area contributed by atoms with Crippen molar-refractivity contribution in [3.05, 3.63) is 29.3 Å². The van der Waals surface area contributed by atoms with Gasteiger partial charge in [0.15, 0.2) is 0 Å². The highest BCUT2D eigenvalue weighted by atomic mass is 32.2. The maximum absolute atomic E-state index is 11.3. The SMILES string of the molecule is Cc1ccc(N2CCSC(C)C2)c(C(=O)O)c1. The molecular weight excluding hydrogens is 234 g/mol. The summed E-state index contributed by atoms with van der Waals surface area (Å²) in [5.41, 5.74) is 2.27. The van der Waals surface area contributed by atoms with Crippen molar-refractivity contribution >= 4 is 23.4 Å². The number of hydrogen-bond acceptors (Lipinski definition) is 3. The van der Waals surface area contributed by atoms with Crippen LogP contribution in [0.5, 0.6) is 0 Å². The van der Waals surface area contributed by atoms with Crippen LogP contribution in [0.3, 0.4) is 0 Å². The number of rotatable bonds is 2. The largest absolute Gasteiger partial charge is 0.478 e. The van der Waals surface area contributed by atoms with Crippen LogP contribution in [0.25, 0.3) is 0 Å². The van der Waals surface area contributed by atoms with Crippen molar-refractivity contribution in [2.75, 3.05) is 23.7 Å². The van der Waals surface area contributed by atoms with Crippen molar-refractivity contribution in [1.82, 2.24) is 0 Å². The standard InChI is InChI=1S/C13H17NO2S/c1-9-3-4-12(11(7-9)13(15)16)14-5-6-17-10(2)8-14/h3-4,7,10H,5-6,8H2,1-2H3,(H,15,16). The van der Waals surface area contributed by atoms with Crippen molar-refractivity contribution in [2.24, 2.45) is 0 Å². The van der Waals surface area contributed by atoms with Crippen molar-refractivity contribution in [1.29, 1.82) is 0 Å². The second-order valence-electron chi connectivity index (χ2n) is 4.45.